The number of hydrogen-bond acceptors (Lipinski definition) is 7. The second-order valence-corrected chi connectivity index (χ2v) is 9.68. The maximum absolute atomic E-state index is 13.1. The van der Waals surface area contributed by atoms with E-state index in [-0.39, 0.29) is 29.2 Å². The Hall–Kier alpha value is -3.23. The third-order valence-corrected chi connectivity index (χ3v) is 7.73. The summed E-state index contributed by atoms with van der Waals surface area (Å²) in [4.78, 5) is 13.1. The Morgan fingerprint density at radius 3 is 2.34 bits per heavy atom. The molecule has 0 bridgehead atoms. The van der Waals surface area contributed by atoms with Gasteiger partial charge in [-0.05, 0) is 29.7 Å². The number of benzene rings is 3. The molecule has 4 atom stereocenters. The molecule has 3 aromatic rings. The monoisotopic (exact) mass is 540 g/mol. The van der Waals surface area contributed by atoms with E-state index >= 15 is 0 Å². The van der Waals surface area contributed by atoms with Gasteiger partial charge in [0.1, 0.15) is 11.4 Å². The summed E-state index contributed by atoms with van der Waals surface area (Å²) in [6.45, 7) is 0. The molecule has 7 nitrogen and oxygen atoms in total. The molecule has 1 heterocycles. The number of halogens is 1. The fourth-order valence-corrected chi connectivity index (χ4v) is 6.10. The number of phenolic OH excluding ortho intramolecular Hbond substituents is 1. The van der Waals surface area contributed by atoms with E-state index in [1.807, 2.05) is 54.6 Å². The topological polar surface area (TPSA) is 94.5 Å². The Bertz CT molecular complexity index is 1280. The van der Waals surface area contributed by atoms with Crippen LogP contribution in [0, 0.1) is 5.92 Å². The van der Waals surface area contributed by atoms with E-state index in [4.69, 9.17) is 18.9 Å². The first kappa shape index (κ1) is 23.5. The quantitative estimate of drug-likeness (QED) is 0.456. The molecular formula is C27H25BrO7. The minimum atomic E-state index is -1.75. The van der Waals surface area contributed by atoms with Crippen LogP contribution in [-0.4, -0.2) is 37.5 Å². The van der Waals surface area contributed by atoms with E-state index in [1.165, 1.54) is 21.3 Å². The smallest absolute Gasteiger partial charge is 0.309 e. The van der Waals surface area contributed by atoms with Gasteiger partial charge in [0.2, 0.25) is 5.75 Å². The third kappa shape index (κ3) is 3.16. The van der Waals surface area contributed by atoms with Gasteiger partial charge in [-0.25, -0.2) is 0 Å². The largest absolute Gasteiger partial charge is 0.502 e. The average molecular weight is 541 g/mol. The van der Waals surface area contributed by atoms with Crippen molar-refractivity contribution < 1.29 is 34.0 Å². The Labute approximate surface area is 211 Å². The second kappa shape index (κ2) is 8.46. The molecule has 182 valence electrons. The number of fused-ring (bicyclic) bond motifs is 3. The second-order valence-electron chi connectivity index (χ2n) is 8.76. The van der Waals surface area contributed by atoms with Crippen molar-refractivity contribution in [3.63, 3.8) is 0 Å². The summed E-state index contributed by atoms with van der Waals surface area (Å²) in [5.41, 5.74) is -1.43. The van der Waals surface area contributed by atoms with Crippen LogP contribution in [0.5, 0.6) is 23.0 Å². The van der Waals surface area contributed by atoms with Crippen molar-refractivity contribution in [2.75, 3.05) is 21.3 Å². The molecule has 35 heavy (non-hydrogen) atoms. The fourth-order valence-electron chi connectivity index (χ4n) is 5.84. The van der Waals surface area contributed by atoms with Gasteiger partial charge in [-0.1, -0.05) is 58.4 Å². The van der Waals surface area contributed by atoms with Crippen molar-refractivity contribution in [1.29, 1.82) is 0 Å². The fraction of sp³-hybridized carbons (Fsp3) is 0.296. The molecule has 0 saturated heterocycles. The number of carbonyl (C=O) groups excluding carboxylic acids is 1. The predicted molar refractivity (Wildman–Crippen MR) is 131 cm³/mol. The molecule has 4 unspecified atom stereocenters. The van der Waals surface area contributed by atoms with E-state index in [1.54, 1.807) is 6.07 Å². The van der Waals surface area contributed by atoms with Crippen LogP contribution in [-0.2, 0) is 20.7 Å². The highest BCUT2D eigenvalue weighted by atomic mass is 79.9. The molecule has 2 aliphatic rings. The summed E-state index contributed by atoms with van der Waals surface area (Å²) < 4.78 is 23.7. The molecule has 5 rings (SSSR count). The number of aliphatic hydroxyl groups is 1. The number of ether oxygens (including phenoxy) is 4. The van der Waals surface area contributed by atoms with Crippen LogP contribution in [0.25, 0.3) is 0 Å². The van der Waals surface area contributed by atoms with Crippen molar-refractivity contribution >= 4 is 21.9 Å². The van der Waals surface area contributed by atoms with E-state index < -0.39 is 29.0 Å². The normalized spacial score (nSPS) is 26.4. The van der Waals surface area contributed by atoms with Crippen molar-refractivity contribution in [2.24, 2.45) is 5.92 Å². The summed E-state index contributed by atoms with van der Waals surface area (Å²) in [5, 5.41) is 23.5. The first-order valence-corrected chi connectivity index (χ1v) is 11.9. The van der Waals surface area contributed by atoms with Gasteiger partial charge in [-0.15, -0.1) is 0 Å². The van der Waals surface area contributed by atoms with Crippen molar-refractivity contribution in [1.82, 2.24) is 0 Å². The zero-order valence-electron chi connectivity index (χ0n) is 19.4. The highest BCUT2D eigenvalue weighted by molar-refractivity contribution is 9.10. The van der Waals surface area contributed by atoms with Crippen LogP contribution in [0.1, 0.15) is 29.0 Å². The number of phenols is 1. The standard InChI is InChI=1S/C27H25BrO7/c1-32-20-13-19-22(24(33-2)23(20)29)26(31)14-18(25(30)34-3)21(15-7-5-4-6-8-15)27(26,35-19)16-9-11-17(28)12-10-16/h4-13,18,21,29,31H,14H2,1-3H3. The van der Waals surface area contributed by atoms with E-state index in [0.29, 0.717) is 11.3 Å². The van der Waals surface area contributed by atoms with Crippen LogP contribution < -0.4 is 14.2 Å². The molecule has 2 N–H and O–H groups in total. The van der Waals surface area contributed by atoms with Gasteiger partial charge in [-0.2, -0.15) is 0 Å². The zero-order chi connectivity index (χ0) is 25.0. The van der Waals surface area contributed by atoms with Crippen LogP contribution in [0.2, 0.25) is 0 Å². The van der Waals surface area contributed by atoms with Crippen LogP contribution in [0.15, 0.2) is 65.1 Å². The summed E-state index contributed by atoms with van der Waals surface area (Å²) in [5.74, 6) is -1.57. The molecule has 3 aromatic carbocycles. The molecule has 1 saturated carbocycles. The van der Waals surface area contributed by atoms with Gasteiger partial charge in [0, 0.05) is 16.5 Å². The van der Waals surface area contributed by atoms with Crippen molar-refractivity contribution in [3.8, 4) is 23.0 Å². The van der Waals surface area contributed by atoms with E-state index in [9.17, 15) is 15.0 Å². The van der Waals surface area contributed by atoms with Gasteiger partial charge < -0.3 is 29.2 Å². The third-order valence-electron chi connectivity index (χ3n) is 7.20. The molecule has 1 fully saturated rings. The predicted octanol–water partition coefficient (Wildman–Crippen LogP) is 4.62. The summed E-state index contributed by atoms with van der Waals surface area (Å²) in [7, 11) is 4.16. The summed E-state index contributed by atoms with van der Waals surface area (Å²) in [6, 6.07) is 18.5. The zero-order valence-corrected chi connectivity index (χ0v) is 21.0. The number of carbonyl (C=O) groups is 1. The van der Waals surface area contributed by atoms with Gasteiger partial charge >= 0.3 is 5.97 Å². The number of methoxy groups -OCH3 is 3. The van der Waals surface area contributed by atoms with Crippen LogP contribution >= 0.6 is 15.9 Å². The Balaban J connectivity index is 1.87. The lowest BCUT2D eigenvalue weighted by Crippen LogP contribution is -2.48. The SMILES string of the molecule is COC(=O)C1CC2(O)c3c(cc(OC)c(O)c3OC)OC2(c2ccc(Br)cc2)C1c1ccccc1. The molecule has 8 heteroatoms. The average Bonchev–Trinajstić information content (AvgIpc) is 3.28. The number of aromatic hydroxyl groups is 1. The minimum absolute atomic E-state index is 0.00950. The Kier molecular flexibility index (Phi) is 5.68. The number of hydrogen-bond donors (Lipinski definition) is 2. The molecule has 0 radical (unpaired) electrons. The highest BCUT2D eigenvalue weighted by Crippen LogP contribution is 2.71. The lowest BCUT2D eigenvalue weighted by Gasteiger charge is -2.40. The van der Waals surface area contributed by atoms with Crippen molar-refractivity contribution in [2.45, 2.75) is 23.5 Å². The molecule has 1 aliphatic heterocycles. The Morgan fingerprint density at radius 1 is 1.06 bits per heavy atom. The van der Waals surface area contributed by atoms with E-state index in [2.05, 4.69) is 15.9 Å². The van der Waals surface area contributed by atoms with Gasteiger partial charge in [0.25, 0.3) is 0 Å². The van der Waals surface area contributed by atoms with E-state index in [0.717, 1.165) is 10.0 Å². The summed E-state index contributed by atoms with van der Waals surface area (Å²) in [6.07, 6.45) is -0.00950. The highest BCUT2D eigenvalue weighted by Gasteiger charge is 2.74. The van der Waals surface area contributed by atoms with Crippen LogP contribution in [0.3, 0.4) is 0 Å². The minimum Gasteiger partial charge on any atom is -0.502 e. The number of rotatable bonds is 5. The van der Waals surface area contributed by atoms with Crippen LogP contribution in [0.4, 0.5) is 0 Å². The molecule has 1 aliphatic carbocycles. The maximum atomic E-state index is 13.1. The summed E-state index contributed by atoms with van der Waals surface area (Å²) >= 11 is 3.48. The number of esters is 1. The van der Waals surface area contributed by atoms with Gasteiger partial charge in [-0.3, -0.25) is 4.79 Å². The first-order valence-electron chi connectivity index (χ1n) is 11.1. The Morgan fingerprint density at radius 2 is 1.74 bits per heavy atom. The lowest BCUT2D eigenvalue weighted by molar-refractivity contribution is -0.146. The van der Waals surface area contributed by atoms with Crippen molar-refractivity contribution in [3.05, 3.63) is 81.8 Å². The molecule has 0 amide bonds. The van der Waals surface area contributed by atoms with Gasteiger partial charge in [0.05, 0.1) is 32.8 Å². The molecular weight excluding hydrogens is 516 g/mol. The molecule has 0 aromatic heterocycles. The van der Waals surface area contributed by atoms with Gasteiger partial charge in [0.15, 0.2) is 17.1 Å². The maximum Gasteiger partial charge on any atom is 0.309 e. The molecule has 0 spiro atoms. The first-order chi connectivity index (χ1) is 16.8. The lowest BCUT2D eigenvalue weighted by atomic mass is 9.70.